The van der Waals surface area contributed by atoms with E-state index in [2.05, 4.69) is 139 Å². The third-order valence-corrected chi connectivity index (χ3v) is 15.1. The fourth-order valence-corrected chi connectivity index (χ4v) is 9.95. The van der Waals surface area contributed by atoms with Crippen molar-refractivity contribution in [2.45, 2.75) is 20.8 Å². The smallest absolute Gasteiger partial charge is 0.248 e. The number of nitrogens with one attached hydrogen (secondary N) is 5. The van der Waals surface area contributed by atoms with Crippen LogP contribution in [0.1, 0.15) is 26.3 Å². The third-order valence-electron chi connectivity index (χ3n) is 15.1. The lowest BCUT2D eigenvalue weighted by Crippen LogP contribution is -2.21. The molecule has 10 aromatic heterocycles. The molecule has 15 N–H and O–H groups in total. The van der Waals surface area contributed by atoms with E-state index in [4.69, 9.17) is 48.1 Å². The van der Waals surface area contributed by atoms with Gasteiger partial charge in [0.05, 0.1) is 32.5 Å². The number of pyridine rings is 5. The maximum atomic E-state index is 8.76. The summed E-state index contributed by atoms with van der Waals surface area (Å²) in [4.78, 5) is 44.2. The Bertz CT molecular complexity index is 5330. The minimum atomic E-state index is 0.241. The van der Waals surface area contributed by atoms with Crippen LogP contribution in [0.3, 0.4) is 0 Å². The molecule has 5 aromatic carbocycles. The van der Waals surface area contributed by atoms with Gasteiger partial charge in [0, 0.05) is 90.3 Å². The van der Waals surface area contributed by atoms with Gasteiger partial charge < -0.3 is 74.4 Å². The van der Waals surface area contributed by atoms with E-state index in [1.165, 1.54) is 29.1 Å². The highest BCUT2D eigenvalue weighted by atomic mass is 16.5. The van der Waals surface area contributed by atoms with Crippen molar-refractivity contribution in [2.75, 3.05) is 94.1 Å². The zero-order valence-electron chi connectivity index (χ0n) is 59.7. The Hall–Kier alpha value is -15.8. The number of hydrogen-bond donors (Lipinski definition) is 10. The average molecular weight is 1460 g/mol. The number of ether oxygens (including phenoxy) is 3. The summed E-state index contributed by atoms with van der Waals surface area (Å²) >= 11 is 0. The molecule has 15 aromatic rings. The van der Waals surface area contributed by atoms with Crippen LogP contribution in [-0.4, -0.2) is 133 Å². The number of nitriles is 1. The molecular formula is C74H76N32O3. The zero-order valence-corrected chi connectivity index (χ0v) is 59.7. The molecule has 0 spiro atoms. The first-order valence-electron chi connectivity index (χ1n) is 33.7. The number of methoxy groups -OCH3 is 2. The van der Waals surface area contributed by atoms with Crippen molar-refractivity contribution in [1.82, 2.24) is 98.7 Å². The standard InChI is InChI=1S/C17H21N7.C15H16N6O.C14H11N7.2C14H14N6O/c1-3-23(4-2)14-10-8-13(9-11-14)20-17-21-16(18)24(22-17)15-7-5-6-12-19-15;1-2-22-12-7-5-6-11(10-12)18-15-19-14(16)21(20-15)13-8-3-4-9-17-13;15-9-10-4-6-11(7-5-10)18-14-19-13(16)21(20-14)12-3-1-2-8-17-12;1-21-11-6-4-5-10(9-11)17-14-18-13(15)20(19-14)12-7-2-3-8-16-12;1-21-11-7-5-10(6-8-11)17-14-18-13(15)20(19-14)12-4-2-3-9-16-12/h5-12H,3-4H2,1-2H3,(H3,18,20,21,22);3-10H,2H2,1H3,(H3,16,18,19,20);1-8H,(H3,16,18,19,20);2*2-9H,1H3,(H3,15,17,18,19). The van der Waals surface area contributed by atoms with Gasteiger partial charge in [0.15, 0.2) is 29.1 Å². The van der Waals surface area contributed by atoms with Crippen molar-refractivity contribution in [3.8, 4) is 52.4 Å². The second-order valence-corrected chi connectivity index (χ2v) is 22.4. The fourth-order valence-electron chi connectivity index (χ4n) is 9.95. The normalized spacial score (nSPS) is 10.3. The Labute approximate surface area is 625 Å². The van der Waals surface area contributed by atoms with Gasteiger partial charge in [0.1, 0.15) is 17.2 Å². The van der Waals surface area contributed by atoms with Crippen LogP contribution in [0.2, 0.25) is 0 Å². The van der Waals surface area contributed by atoms with Crippen LogP contribution >= 0.6 is 0 Å². The van der Waals surface area contributed by atoms with E-state index in [-0.39, 0.29) is 29.7 Å². The largest absolute Gasteiger partial charge is 0.497 e. The Kier molecular flexibility index (Phi) is 25.2. The molecule has 0 unspecified atom stereocenters. The van der Waals surface area contributed by atoms with Crippen LogP contribution < -0.4 is 74.4 Å². The number of nitrogens with zero attached hydrogens (tertiary/aromatic N) is 22. The summed E-state index contributed by atoms with van der Waals surface area (Å²) in [5.74, 6) is 8.71. The summed E-state index contributed by atoms with van der Waals surface area (Å²) in [6, 6.07) is 67.1. The first-order chi connectivity index (χ1) is 53.2. The number of nitrogens with two attached hydrogens (primary N) is 5. The highest BCUT2D eigenvalue weighted by molar-refractivity contribution is 5.62. The summed E-state index contributed by atoms with van der Waals surface area (Å²) < 4.78 is 23.1. The number of nitrogen functional groups attached to an aromatic ring is 5. The van der Waals surface area contributed by atoms with Gasteiger partial charge in [-0.25, -0.2) is 24.9 Å². The molecule has 550 valence electrons. The summed E-state index contributed by atoms with van der Waals surface area (Å²) in [5, 5.41) is 45.7. The molecule has 0 saturated carbocycles. The van der Waals surface area contributed by atoms with E-state index >= 15 is 0 Å². The van der Waals surface area contributed by atoms with Gasteiger partial charge in [-0.3, -0.25) is 0 Å². The van der Waals surface area contributed by atoms with E-state index in [1.807, 2.05) is 171 Å². The highest BCUT2D eigenvalue weighted by Gasteiger charge is 2.16. The van der Waals surface area contributed by atoms with Gasteiger partial charge in [-0.1, -0.05) is 42.5 Å². The maximum absolute atomic E-state index is 8.76. The van der Waals surface area contributed by atoms with E-state index in [0.717, 1.165) is 58.8 Å². The molecule has 10 heterocycles. The van der Waals surface area contributed by atoms with Crippen molar-refractivity contribution < 1.29 is 14.2 Å². The molecule has 0 fully saturated rings. The molecule has 109 heavy (non-hydrogen) atoms. The predicted octanol–water partition coefficient (Wildman–Crippen LogP) is 11.1. The second kappa shape index (κ2) is 36.9. The molecule has 0 amide bonds. The molecule has 35 heteroatoms. The third kappa shape index (κ3) is 20.5. The summed E-state index contributed by atoms with van der Waals surface area (Å²) in [6.07, 6.45) is 8.37. The fraction of sp³-hybridized carbons (Fsp3) is 0.108. The van der Waals surface area contributed by atoms with Gasteiger partial charge in [0.2, 0.25) is 59.5 Å². The number of aromatic nitrogens is 20. The van der Waals surface area contributed by atoms with Gasteiger partial charge in [-0.15, -0.1) is 25.5 Å². The van der Waals surface area contributed by atoms with Crippen LogP contribution in [0.4, 0.5) is 93.6 Å². The van der Waals surface area contributed by atoms with Crippen molar-refractivity contribution in [3.63, 3.8) is 0 Å². The molecular weight excluding hydrogens is 1390 g/mol. The van der Waals surface area contributed by atoms with Crippen molar-refractivity contribution in [3.05, 3.63) is 249 Å². The van der Waals surface area contributed by atoms with E-state index in [1.54, 1.807) is 81.6 Å². The lowest BCUT2D eigenvalue weighted by atomic mass is 10.2. The van der Waals surface area contributed by atoms with Gasteiger partial charge in [-0.05, 0) is 178 Å². The average Bonchev–Trinajstić information content (AvgIpc) is 1.71. The predicted molar refractivity (Wildman–Crippen MR) is 419 cm³/mol. The first-order valence-corrected chi connectivity index (χ1v) is 33.7. The Morgan fingerprint density at radius 2 is 0.651 bits per heavy atom. The maximum Gasteiger partial charge on any atom is 0.248 e. The molecule has 35 nitrogen and oxygen atoms in total. The Morgan fingerprint density at radius 1 is 0.349 bits per heavy atom. The minimum Gasteiger partial charge on any atom is -0.497 e. The summed E-state index contributed by atoms with van der Waals surface area (Å²) in [5.41, 5.74) is 35.3. The molecule has 0 bridgehead atoms. The van der Waals surface area contributed by atoms with Crippen LogP contribution in [0.5, 0.6) is 17.2 Å². The SMILES string of the molecule is CCN(CC)c1ccc(Nc2nc(N)n(-c3ccccn3)n2)cc1.CCOc1cccc(Nc2nc(N)n(-c3ccccn3)n2)c1.COc1ccc(Nc2nc(N)n(-c3ccccn3)n2)cc1.COc1cccc(Nc2nc(N)n(-c3ccccn3)n2)c1.N#Cc1ccc(Nc2nc(N)n(-c3ccccn3)n2)cc1. The van der Waals surface area contributed by atoms with Crippen molar-refractivity contribution >= 4 is 93.6 Å². The number of benzene rings is 5. The molecule has 0 atom stereocenters. The summed E-state index contributed by atoms with van der Waals surface area (Å²) in [7, 11) is 3.24. The lowest BCUT2D eigenvalue weighted by Gasteiger charge is -2.21. The molecule has 0 saturated heterocycles. The highest BCUT2D eigenvalue weighted by Crippen LogP contribution is 2.26. The van der Waals surface area contributed by atoms with Crippen molar-refractivity contribution in [1.29, 1.82) is 5.26 Å². The van der Waals surface area contributed by atoms with Gasteiger partial charge in [-0.2, -0.15) is 53.6 Å². The number of anilines is 16. The topological polar surface area (TPSA) is 463 Å². The van der Waals surface area contributed by atoms with Gasteiger partial charge in [0.25, 0.3) is 0 Å². The molecule has 15 rings (SSSR count). The molecule has 0 aliphatic carbocycles. The Balaban J connectivity index is 0.000000135. The van der Waals surface area contributed by atoms with E-state index < -0.39 is 0 Å². The number of hydrogen-bond acceptors (Lipinski definition) is 30. The van der Waals surface area contributed by atoms with Crippen LogP contribution in [0.15, 0.2) is 243 Å². The van der Waals surface area contributed by atoms with Crippen LogP contribution in [0, 0.1) is 11.3 Å². The summed E-state index contributed by atoms with van der Waals surface area (Å²) in [6.45, 7) is 8.81. The molecule has 0 aliphatic rings. The van der Waals surface area contributed by atoms with E-state index in [0.29, 0.717) is 71.0 Å². The second-order valence-electron chi connectivity index (χ2n) is 22.4. The quantitative estimate of drug-likeness (QED) is 0.0301. The minimum absolute atomic E-state index is 0.241. The van der Waals surface area contributed by atoms with Crippen LogP contribution in [-0.2, 0) is 0 Å². The van der Waals surface area contributed by atoms with Crippen LogP contribution in [0.25, 0.3) is 29.1 Å². The van der Waals surface area contributed by atoms with E-state index in [9.17, 15) is 0 Å². The van der Waals surface area contributed by atoms with Gasteiger partial charge >= 0.3 is 0 Å². The first kappa shape index (κ1) is 74.4. The number of rotatable bonds is 22. The monoisotopic (exact) mass is 1460 g/mol. The zero-order chi connectivity index (χ0) is 76.3. The Morgan fingerprint density at radius 3 is 0.945 bits per heavy atom. The van der Waals surface area contributed by atoms with Crippen molar-refractivity contribution in [2.24, 2.45) is 0 Å². The lowest BCUT2D eigenvalue weighted by molar-refractivity contribution is 0.340. The molecule has 0 aliphatic heterocycles. The molecule has 0 radical (unpaired) electrons.